The fourth-order valence-corrected chi connectivity index (χ4v) is 3.75. The molecule has 3 atom stereocenters. The Morgan fingerprint density at radius 1 is 1.04 bits per heavy atom. The number of carbonyl (C=O) groups is 2. The fourth-order valence-electron chi connectivity index (χ4n) is 3.75. The molecule has 1 aliphatic heterocycles. The number of carboxylic acid groups (broad SMARTS) is 2. The minimum atomic E-state index is -3.04. The van der Waals surface area contributed by atoms with E-state index in [2.05, 4.69) is 5.32 Å². The van der Waals surface area contributed by atoms with Crippen LogP contribution in [0.5, 0.6) is 0 Å². The molecule has 136 valence electrons. The lowest BCUT2D eigenvalue weighted by atomic mass is 9.64. The van der Waals surface area contributed by atoms with Crippen LogP contribution in [0.15, 0.2) is 54.6 Å². The highest BCUT2D eigenvalue weighted by atomic mass is 16.4. The zero-order chi connectivity index (χ0) is 18.9. The van der Waals surface area contributed by atoms with Gasteiger partial charge in [-0.05, 0) is 23.1 Å². The van der Waals surface area contributed by atoms with Crippen molar-refractivity contribution in [1.82, 2.24) is 5.32 Å². The molecule has 0 radical (unpaired) electrons. The van der Waals surface area contributed by atoms with Crippen molar-refractivity contribution in [3.05, 3.63) is 71.3 Å². The van der Waals surface area contributed by atoms with Gasteiger partial charge < -0.3 is 25.7 Å². The average molecular weight is 357 g/mol. The van der Waals surface area contributed by atoms with Gasteiger partial charge in [0.25, 0.3) is 0 Å². The molecule has 0 spiro atoms. The van der Waals surface area contributed by atoms with Crippen LogP contribution in [0.1, 0.15) is 16.7 Å². The molecule has 2 aromatic carbocycles. The highest BCUT2D eigenvalue weighted by Crippen LogP contribution is 2.45. The van der Waals surface area contributed by atoms with E-state index in [9.17, 15) is 30.0 Å². The quantitative estimate of drug-likeness (QED) is 0.522. The zero-order valence-corrected chi connectivity index (χ0v) is 13.8. The molecule has 0 fully saturated rings. The minimum absolute atomic E-state index is 0.299. The van der Waals surface area contributed by atoms with E-state index in [0.717, 1.165) is 5.56 Å². The molecule has 0 saturated carbocycles. The van der Waals surface area contributed by atoms with E-state index in [0.29, 0.717) is 24.1 Å². The number of carboxylic acids is 2. The average Bonchev–Trinajstić information content (AvgIpc) is 2.66. The maximum Gasteiger partial charge on any atom is 0.341 e. The molecule has 0 saturated heterocycles. The number of fused-ring (bicyclic) bond motifs is 1. The molecule has 2 unspecified atom stereocenters. The van der Waals surface area contributed by atoms with Gasteiger partial charge in [-0.1, -0.05) is 54.6 Å². The van der Waals surface area contributed by atoms with E-state index in [1.807, 2.05) is 0 Å². The second-order valence-electron chi connectivity index (χ2n) is 6.26. The molecule has 1 heterocycles. The lowest BCUT2D eigenvalue weighted by molar-refractivity contribution is -0.196. The predicted octanol–water partition coefficient (Wildman–Crippen LogP) is 0.337. The van der Waals surface area contributed by atoms with Crippen molar-refractivity contribution < 1.29 is 30.0 Å². The Hall–Kier alpha value is -2.74. The standard InChI is InChI=1S/C19H19NO6/c21-15(16(22)23)19(26,17(24)25)18(13-7-2-1-3-8-13)14-9-5-4-6-12(14)10-11-20-18/h1-9,15,20-21,26H,10-11H2,(H,22,23)(H,24,25)/t15?,18-,19?/m0/s1. The van der Waals surface area contributed by atoms with Crippen LogP contribution in [0.2, 0.25) is 0 Å². The van der Waals surface area contributed by atoms with Gasteiger partial charge in [0, 0.05) is 6.54 Å². The Kier molecular flexibility index (Phi) is 4.53. The maximum atomic E-state index is 12.1. The third-order valence-corrected chi connectivity index (χ3v) is 4.94. The van der Waals surface area contributed by atoms with Crippen molar-refractivity contribution in [1.29, 1.82) is 0 Å². The van der Waals surface area contributed by atoms with Gasteiger partial charge in [0.1, 0.15) is 5.54 Å². The van der Waals surface area contributed by atoms with Gasteiger partial charge in [-0.15, -0.1) is 0 Å². The van der Waals surface area contributed by atoms with Crippen LogP contribution in [0.3, 0.4) is 0 Å². The van der Waals surface area contributed by atoms with Crippen molar-refractivity contribution >= 4 is 11.9 Å². The van der Waals surface area contributed by atoms with Crippen molar-refractivity contribution in [3.63, 3.8) is 0 Å². The summed E-state index contributed by atoms with van der Waals surface area (Å²) in [6.07, 6.45) is -1.98. The fraction of sp³-hybridized carbons (Fsp3) is 0.263. The van der Waals surface area contributed by atoms with Gasteiger partial charge in [0.05, 0.1) is 0 Å². The Morgan fingerprint density at radius 2 is 1.65 bits per heavy atom. The third kappa shape index (κ3) is 2.40. The molecule has 2 aromatic rings. The lowest BCUT2D eigenvalue weighted by Crippen LogP contribution is -2.72. The van der Waals surface area contributed by atoms with Crippen LogP contribution >= 0.6 is 0 Å². The van der Waals surface area contributed by atoms with E-state index >= 15 is 0 Å². The highest BCUT2D eigenvalue weighted by Gasteiger charge is 2.65. The number of aliphatic hydroxyl groups excluding tert-OH is 1. The number of benzene rings is 2. The number of hydrogen-bond donors (Lipinski definition) is 5. The van der Waals surface area contributed by atoms with Gasteiger partial charge in [-0.2, -0.15) is 0 Å². The molecule has 26 heavy (non-hydrogen) atoms. The Balaban J connectivity index is 2.41. The Labute approximate surface area is 149 Å². The zero-order valence-electron chi connectivity index (χ0n) is 13.8. The van der Waals surface area contributed by atoms with Gasteiger partial charge >= 0.3 is 11.9 Å². The molecular formula is C19H19NO6. The van der Waals surface area contributed by atoms with Crippen molar-refractivity contribution in [2.75, 3.05) is 6.54 Å². The summed E-state index contributed by atoms with van der Waals surface area (Å²) in [5, 5.41) is 43.6. The summed E-state index contributed by atoms with van der Waals surface area (Å²) < 4.78 is 0. The van der Waals surface area contributed by atoms with Crippen LogP contribution in [-0.4, -0.2) is 50.6 Å². The largest absolute Gasteiger partial charge is 0.479 e. The molecule has 7 nitrogen and oxygen atoms in total. The van der Waals surface area contributed by atoms with Crippen LogP contribution in [-0.2, 0) is 21.5 Å². The molecular weight excluding hydrogens is 338 g/mol. The van der Waals surface area contributed by atoms with E-state index < -0.39 is 29.2 Å². The lowest BCUT2D eigenvalue weighted by Gasteiger charge is -2.49. The van der Waals surface area contributed by atoms with Crippen molar-refractivity contribution in [2.24, 2.45) is 0 Å². The SMILES string of the molecule is O=C(O)C(O)C(O)(C(=O)O)[C@@]1(c2ccccc2)NCCc2ccccc21. The number of rotatable bonds is 5. The smallest absolute Gasteiger partial charge is 0.341 e. The van der Waals surface area contributed by atoms with Crippen molar-refractivity contribution in [3.8, 4) is 0 Å². The molecule has 0 bridgehead atoms. The number of aliphatic carboxylic acids is 2. The number of hydrogen-bond acceptors (Lipinski definition) is 5. The van der Waals surface area contributed by atoms with E-state index in [1.54, 1.807) is 54.6 Å². The maximum absolute atomic E-state index is 12.1. The summed E-state index contributed by atoms with van der Waals surface area (Å²) in [4.78, 5) is 23.6. The van der Waals surface area contributed by atoms with Gasteiger partial charge in [0.15, 0.2) is 6.10 Å². The molecule has 3 rings (SSSR count). The van der Waals surface area contributed by atoms with E-state index in [-0.39, 0.29) is 0 Å². The number of aliphatic hydroxyl groups is 2. The van der Waals surface area contributed by atoms with Gasteiger partial charge in [-0.25, -0.2) is 9.59 Å². The predicted molar refractivity (Wildman–Crippen MR) is 91.6 cm³/mol. The Morgan fingerprint density at radius 3 is 2.27 bits per heavy atom. The normalized spacial score (nSPS) is 22.7. The summed E-state index contributed by atoms with van der Waals surface area (Å²) >= 11 is 0. The first kappa shape index (κ1) is 18.1. The first-order valence-corrected chi connectivity index (χ1v) is 8.11. The third-order valence-electron chi connectivity index (χ3n) is 4.94. The summed E-state index contributed by atoms with van der Waals surface area (Å²) in [6.45, 7) is 0.299. The summed E-state index contributed by atoms with van der Waals surface area (Å²) in [5.41, 5.74) is -3.35. The molecule has 1 aliphatic rings. The van der Waals surface area contributed by atoms with Crippen LogP contribution < -0.4 is 5.32 Å². The first-order valence-electron chi connectivity index (χ1n) is 8.11. The highest BCUT2D eigenvalue weighted by molar-refractivity contribution is 5.90. The monoisotopic (exact) mass is 357 g/mol. The van der Waals surface area contributed by atoms with Gasteiger partial charge in [-0.3, -0.25) is 0 Å². The van der Waals surface area contributed by atoms with Crippen molar-refractivity contribution in [2.45, 2.75) is 23.7 Å². The second kappa shape index (κ2) is 6.53. The van der Waals surface area contributed by atoms with Gasteiger partial charge in [0.2, 0.25) is 5.60 Å². The minimum Gasteiger partial charge on any atom is -0.479 e. The van der Waals surface area contributed by atoms with Crippen LogP contribution in [0.25, 0.3) is 0 Å². The molecule has 5 N–H and O–H groups in total. The molecule has 0 aliphatic carbocycles. The summed E-state index contributed by atoms with van der Waals surface area (Å²) in [6, 6.07) is 15.1. The summed E-state index contributed by atoms with van der Waals surface area (Å²) in [5.74, 6) is -3.66. The topological polar surface area (TPSA) is 127 Å². The van der Waals surface area contributed by atoms with E-state index in [1.165, 1.54) is 0 Å². The summed E-state index contributed by atoms with van der Waals surface area (Å²) in [7, 11) is 0. The van der Waals surface area contributed by atoms with Crippen LogP contribution in [0.4, 0.5) is 0 Å². The molecule has 0 aromatic heterocycles. The second-order valence-corrected chi connectivity index (χ2v) is 6.26. The van der Waals surface area contributed by atoms with Crippen LogP contribution in [0, 0.1) is 0 Å². The first-order chi connectivity index (χ1) is 12.4. The van der Waals surface area contributed by atoms with E-state index in [4.69, 9.17) is 0 Å². The molecule has 0 amide bonds. The Bertz CT molecular complexity index is 839. The molecule has 7 heteroatoms. The number of nitrogens with one attached hydrogen (secondary N) is 1.